The van der Waals surface area contributed by atoms with Crippen LogP contribution in [0.4, 0.5) is 9.18 Å². The monoisotopic (exact) mass is 293 g/mol. The average Bonchev–Trinajstić information content (AvgIpc) is 2.93. The van der Waals surface area contributed by atoms with E-state index in [2.05, 4.69) is 15.6 Å². The predicted molar refractivity (Wildman–Crippen MR) is 70.3 cm³/mol. The topological polar surface area (TPSA) is 104 Å². The van der Waals surface area contributed by atoms with Crippen LogP contribution >= 0.6 is 0 Å². The van der Waals surface area contributed by atoms with E-state index in [-0.39, 0.29) is 24.5 Å². The molecule has 0 aliphatic carbocycles. The van der Waals surface area contributed by atoms with Crippen LogP contribution in [0.25, 0.3) is 11.3 Å². The number of halogens is 1. The Morgan fingerprint density at radius 1 is 1.19 bits per heavy atom. The lowest BCUT2D eigenvalue weighted by molar-refractivity contribution is 0.0949. The molecule has 1 aromatic heterocycles. The number of oxazole rings is 1. The van der Waals surface area contributed by atoms with Crippen molar-refractivity contribution in [2.75, 3.05) is 13.1 Å². The molecule has 0 bridgehead atoms. The number of amides is 2. The lowest BCUT2D eigenvalue weighted by atomic mass is 10.1. The van der Waals surface area contributed by atoms with E-state index >= 15 is 0 Å². The molecule has 3 N–H and O–H groups in total. The number of hydrogen-bond acceptors (Lipinski definition) is 4. The molecule has 0 fully saturated rings. The van der Waals surface area contributed by atoms with E-state index in [1.165, 1.54) is 24.3 Å². The molecule has 0 aliphatic rings. The van der Waals surface area contributed by atoms with E-state index in [0.29, 0.717) is 5.56 Å². The van der Waals surface area contributed by atoms with Crippen molar-refractivity contribution in [3.8, 4) is 11.3 Å². The molecule has 2 aromatic rings. The fourth-order valence-electron chi connectivity index (χ4n) is 1.64. The second-order valence-corrected chi connectivity index (χ2v) is 4.02. The van der Waals surface area contributed by atoms with Gasteiger partial charge in [-0.05, 0) is 24.3 Å². The van der Waals surface area contributed by atoms with Crippen molar-refractivity contribution in [3.63, 3.8) is 0 Å². The molecule has 0 saturated heterocycles. The van der Waals surface area contributed by atoms with Crippen LogP contribution in [0.15, 0.2) is 35.1 Å². The third kappa shape index (κ3) is 3.78. The van der Waals surface area contributed by atoms with Crippen molar-refractivity contribution in [2.45, 2.75) is 0 Å². The summed E-state index contributed by atoms with van der Waals surface area (Å²) in [6.07, 6.45) is -0.0546. The van der Waals surface area contributed by atoms with Crippen molar-refractivity contribution < 1.29 is 23.5 Å². The highest BCUT2D eigenvalue weighted by Crippen LogP contribution is 2.23. The molecule has 2 rings (SSSR count). The molecule has 0 atom stereocenters. The summed E-state index contributed by atoms with van der Waals surface area (Å²) in [7, 11) is 0. The highest BCUT2D eigenvalue weighted by Gasteiger charge is 2.17. The summed E-state index contributed by atoms with van der Waals surface area (Å²) in [5, 5.41) is 13.0. The molecule has 8 heteroatoms. The van der Waals surface area contributed by atoms with Gasteiger partial charge in [0.15, 0.2) is 17.8 Å². The van der Waals surface area contributed by atoms with Crippen LogP contribution in [0.1, 0.15) is 10.5 Å². The Kier molecular flexibility index (Phi) is 4.50. The summed E-state index contributed by atoms with van der Waals surface area (Å²) in [5.74, 6) is -0.682. The number of hydrogen-bond donors (Lipinski definition) is 3. The van der Waals surface area contributed by atoms with Crippen molar-refractivity contribution in [1.29, 1.82) is 0 Å². The van der Waals surface area contributed by atoms with Crippen LogP contribution < -0.4 is 10.6 Å². The smallest absolute Gasteiger partial charge is 0.404 e. The van der Waals surface area contributed by atoms with Gasteiger partial charge in [-0.3, -0.25) is 4.79 Å². The van der Waals surface area contributed by atoms with Crippen LogP contribution in [-0.4, -0.2) is 35.2 Å². The summed E-state index contributed by atoms with van der Waals surface area (Å²) >= 11 is 0. The number of carboxylic acid groups (broad SMARTS) is 1. The quantitative estimate of drug-likeness (QED) is 0.724. The molecular weight excluding hydrogens is 281 g/mol. The Labute approximate surface area is 118 Å². The zero-order valence-electron chi connectivity index (χ0n) is 10.8. The van der Waals surface area contributed by atoms with E-state index in [0.717, 1.165) is 6.39 Å². The van der Waals surface area contributed by atoms with E-state index in [9.17, 15) is 14.0 Å². The Morgan fingerprint density at radius 2 is 1.86 bits per heavy atom. The number of carbonyl (C=O) groups excluding carboxylic acids is 1. The standard InChI is InChI=1S/C13H12FN3O4/c14-9-3-1-8(2-4-9)11-10(17-7-21-11)12(18)15-5-6-16-13(19)20/h1-4,7,16H,5-6H2,(H,15,18)(H,19,20). The maximum absolute atomic E-state index is 12.9. The van der Waals surface area contributed by atoms with Crippen LogP contribution in [0.3, 0.4) is 0 Å². The summed E-state index contributed by atoms with van der Waals surface area (Å²) in [6, 6.07) is 5.43. The molecule has 0 saturated carbocycles. The molecule has 1 aromatic carbocycles. The first-order valence-electron chi connectivity index (χ1n) is 6.02. The minimum Gasteiger partial charge on any atom is -0.465 e. The lowest BCUT2D eigenvalue weighted by Crippen LogP contribution is -2.34. The number of rotatable bonds is 5. The van der Waals surface area contributed by atoms with Gasteiger partial charge in [-0.1, -0.05) is 0 Å². The largest absolute Gasteiger partial charge is 0.465 e. The molecular formula is C13H12FN3O4. The van der Waals surface area contributed by atoms with Gasteiger partial charge in [0.05, 0.1) is 0 Å². The zero-order chi connectivity index (χ0) is 15.2. The molecule has 2 amide bonds. The van der Waals surface area contributed by atoms with Gasteiger partial charge in [0.2, 0.25) is 0 Å². The summed E-state index contributed by atoms with van der Waals surface area (Å²) in [6.45, 7) is 0.186. The van der Waals surface area contributed by atoms with Gasteiger partial charge in [0, 0.05) is 18.7 Å². The SMILES string of the molecule is O=C(O)NCCNC(=O)c1ncoc1-c1ccc(F)cc1. The fourth-order valence-corrected chi connectivity index (χ4v) is 1.64. The molecule has 0 unspecified atom stereocenters. The Morgan fingerprint density at radius 3 is 2.52 bits per heavy atom. The highest BCUT2D eigenvalue weighted by molar-refractivity contribution is 5.97. The zero-order valence-corrected chi connectivity index (χ0v) is 10.8. The van der Waals surface area contributed by atoms with E-state index in [4.69, 9.17) is 9.52 Å². The number of nitrogens with zero attached hydrogens (tertiary/aromatic N) is 1. The first kappa shape index (κ1) is 14.5. The lowest BCUT2D eigenvalue weighted by Gasteiger charge is -2.04. The van der Waals surface area contributed by atoms with Crippen molar-refractivity contribution in [1.82, 2.24) is 15.6 Å². The third-order valence-electron chi connectivity index (χ3n) is 2.58. The van der Waals surface area contributed by atoms with Gasteiger partial charge in [0.25, 0.3) is 5.91 Å². The van der Waals surface area contributed by atoms with E-state index in [1.807, 2.05) is 0 Å². The summed E-state index contributed by atoms with van der Waals surface area (Å²) in [5.41, 5.74) is 0.569. The number of aromatic nitrogens is 1. The van der Waals surface area contributed by atoms with E-state index < -0.39 is 17.8 Å². The number of carbonyl (C=O) groups is 2. The Hall–Kier alpha value is -2.90. The average molecular weight is 293 g/mol. The Bertz CT molecular complexity index is 639. The van der Waals surface area contributed by atoms with Crippen molar-refractivity contribution in [3.05, 3.63) is 42.2 Å². The third-order valence-corrected chi connectivity index (χ3v) is 2.58. The maximum Gasteiger partial charge on any atom is 0.404 e. The first-order valence-corrected chi connectivity index (χ1v) is 6.02. The second kappa shape index (κ2) is 6.51. The van der Waals surface area contributed by atoms with Crippen molar-refractivity contribution in [2.24, 2.45) is 0 Å². The fraction of sp³-hybridized carbons (Fsp3) is 0.154. The number of nitrogens with one attached hydrogen (secondary N) is 2. The van der Waals surface area contributed by atoms with Gasteiger partial charge < -0.3 is 20.2 Å². The van der Waals surface area contributed by atoms with Gasteiger partial charge in [-0.25, -0.2) is 14.2 Å². The molecule has 0 spiro atoms. The van der Waals surface area contributed by atoms with Gasteiger partial charge in [-0.2, -0.15) is 0 Å². The predicted octanol–water partition coefficient (Wildman–Crippen LogP) is 1.48. The van der Waals surface area contributed by atoms with Crippen LogP contribution in [-0.2, 0) is 0 Å². The van der Waals surface area contributed by atoms with Crippen LogP contribution in [0, 0.1) is 5.82 Å². The van der Waals surface area contributed by atoms with Crippen LogP contribution in [0.2, 0.25) is 0 Å². The first-order chi connectivity index (χ1) is 10.1. The minimum absolute atomic E-state index is 0.0527. The second-order valence-electron chi connectivity index (χ2n) is 4.02. The van der Waals surface area contributed by atoms with Gasteiger partial charge in [0.1, 0.15) is 5.82 Å². The summed E-state index contributed by atoms with van der Waals surface area (Å²) in [4.78, 5) is 26.0. The minimum atomic E-state index is -1.17. The maximum atomic E-state index is 12.9. The molecule has 110 valence electrons. The number of benzene rings is 1. The molecule has 21 heavy (non-hydrogen) atoms. The Balaban J connectivity index is 2.04. The molecule has 0 radical (unpaired) electrons. The molecule has 0 aliphatic heterocycles. The van der Waals surface area contributed by atoms with Gasteiger partial charge >= 0.3 is 6.09 Å². The molecule has 7 nitrogen and oxygen atoms in total. The van der Waals surface area contributed by atoms with Crippen LogP contribution in [0.5, 0.6) is 0 Å². The normalized spacial score (nSPS) is 10.1. The molecule has 1 heterocycles. The van der Waals surface area contributed by atoms with Crippen molar-refractivity contribution >= 4 is 12.0 Å². The van der Waals surface area contributed by atoms with Gasteiger partial charge in [-0.15, -0.1) is 0 Å². The highest BCUT2D eigenvalue weighted by atomic mass is 19.1. The summed E-state index contributed by atoms with van der Waals surface area (Å²) < 4.78 is 18.0. The van der Waals surface area contributed by atoms with E-state index in [1.54, 1.807) is 0 Å².